The van der Waals surface area contributed by atoms with Crippen LogP contribution in [-0.2, 0) is 10.0 Å². The van der Waals surface area contributed by atoms with Crippen molar-refractivity contribution in [2.24, 2.45) is 0 Å². The predicted molar refractivity (Wildman–Crippen MR) is 73.5 cm³/mol. The van der Waals surface area contributed by atoms with Crippen LogP contribution in [0.5, 0.6) is 0 Å². The number of hydrogen-bond acceptors (Lipinski definition) is 5. The maximum absolute atomic E-state index is 12.1. The summed E-state index contributed by atoms with van der Waals surface area (Å²) in [5, 5.41) is 6.95. The van der Waals surface area contributed by atoms with E-state index in [2.05, 4.69) is 19.9 Å². The number of thiazole rings is 1. The highest BCUT2D eigenvalue weighted by Crippen LogP contribution is 2.26. The van der Waals surface area contributed by atoms with Crippen LogP contribution in [0.25, 0.3) is 0 Å². The summed E-state index contributed by atoms with van der Waals surface area (Å²) < 4.78 is 26.9. The summed E-state index contributed by atoms with van der Waals surface area (Å²) in [5.41, 5.74) is 0.945. The number of H-pyrrole nitrogens is 1. The van der Waals surface area contributed by atoms with Gasteiger partial charge >= 0.3 is 0 Å². The average molecular weight is 300 g/mol. The van der Waals surface area contributed by atoms with Gasteiger partial charge in [-0.2, -0.15) is 5.10 Å². The van der Waals surface area contributed by atoms with Crippen molar-refractivity contribution in [1.82, 2.24) is 19.9 Å². The van der Waals surface area contributed by atoms with E-state index in [9.17, 15) is 8.42 Å². The standard InChI is InChI=1S/C11H16N4O2S2/c1-4-10(11-14-7(2)8(3)18-11)15-19(16,17)9-5-12-13-6-9/h5-6,10,15H,4H2,1-3H3,(H,12,13). The molecule has 1 unspecified atom stereocenters. The second-order valence-electron chi connectivity index (χ2n) is 4.21. The molecule has 0 aliphatic carbocycles. The van der Waals surface area contributed by atoms with Crippen LogP contribution in [0.15, 0.2) is 17.3 Å². The Kier molecular flexibility index (Phi) is 4.02. The fourth-order valence-electron chi connectivity index (χ4n) is 1.60. The molecule has 8 heteroatoms. The Bertz CT molecular complexity index is 627. The Morgan fingerprint density at radius 1 is 1.47 bits per heavy atom. The van der Waals surface area contributed by atoms with Gasteiger partial charge in [0.05, 0.1) is 17.9 Å². The van der Waals surface area contributed by atoms with Crippen molar-refractivity contribution in [1.29, 1.82) is 0 Å². The summed E-state index contributed by atoms with van der Waals surface area (Å²) in [5.74, 6) is 0. The van der Waals surface area contributed by atoms with Gasteiger partial charge in [0.1, 0.15) is 9.90 Å². The zero-order chi connectivity index (χ0) is 14.0. The minimum atomic E-state index is -3.56. The van der Waals surface area contributed by atoms with E-state index in [1.807, 2.05) is 20.8 Å². The molecule has 2 heterocycles. The van der Waals surface area contributed by atoms with E-state index in [0.717, 1.165) is 15.6 Å². The molecule has 0 fully saturated rings. The summed E-state index contributed by atoms with van der Waals surface area (Å²) in [6, 6.07) is -0.308. The van der Waals surface area contributed by atoms with Crippen molar-refractivity contribution in [2.45, 2.75) is 38.1 Å². The van der Waals surface area contributed by atoms with E-state index in [0.29, 0.717) is 6.42 Å². The van der Waals surface area contributed by atoms with E-state index in [-0.39, 0.29) is 10.9 Å². The lowest BCUT2D eigenvalue weighted by Crippen LogP contribution is -2.28. The molecule has 0 saturated heterocycles. The summed E-state index contributed by atoms with van der Waals surface area (Å²) in [7, 11) is -3.56. The Labute approximate surface area is 116 Å². The van der Waals surface area contributed by atoms with Crippen LogP contribution >= 0.6 is 11.3 Å². The average Bonchev–Trinajstić information content (AvgIpc) is 2.98. The Hall–Kier alpha value is -1.25. The molecule has 2 rings (SSSR count). The van der Waals surface area contributed by atoms with Crippen LogP contribution in [0.1, 0.15) is 35.0 Å². The molecule has 0 amide bonds. The molecule has 19 heavy (non-hydrogen) atoms. The molecule has 2 aromatic rings. The minimum Gasteiger partial charge on any atom is -0.284 e. The second kappa shape index (κ2) is 5.40. The van der Waals surface area contributed by atoms with Crippen LogP contribution in [0, 0.1) is 13.8 Å². The second-order valence-corrected chi connectivity index (χ2v) is 7.16. The maximum atomic E-state index is 12.1. The number of nitrogens with zero attached hydrogens (tertiary/aromatic N) is 2. The minimum absolute atomic E-state index is 0.135. The monoisotopic (exact) mass is 300 g/mol. The lowest BCUT2D eigenvalue weighted by atomic mass is 10.2. The van der Waals surface area contributed by atoms with Crippen molar-refractivity contribution in [3.05, 3.63) is 28.0 Å². The fourth-order valence-corrected chi connectivity index (χ4v) is 3.92. The van der Waals surface area contributed by atoms with Crippen LogP contribution in [0.3, 0.4) is 0 Å². The molecule has 0 bridgehead atoms. The highest BCUT2D eigenvalue weighted by atomic mass is 32.2. The van der Waals surface area contributed by atoms with E-state index in [4.69, 9.17) is 0 Å². The van der Waals surface area contributed by atoms with Gasteiger partial charge in [-0.3, -0.25) is 5.10 Å². The Morgan fingerprint density at radius 2 is 2.21 bits per heavy atom. The molecule has 0 aromatic carbocycles. The quantitative estimate of drug-likeness (QED) is 0.883. The largest absolute Gasteiger partial charge is 0.284 e. The molecule has 0 aliphatic rings. The number of nitrogens with one attached hydrogen (secondary N) is 2. The first-order chi connectivity index (χ1) is 8.94. The normalized spacial score (nSPS) is 13.6. The summed E-state index contributed by atoms with van der Waals surface area (Å²) in [6.45, 7) is 5.83. The number of sulfonamides is 1. The van der Waals surface area contributed by atoms with Crippen LogP contribution in [-0.4, -0.2) is 23.6 Å². The van der Waals surface area contributed by atoms with Crippen LogP contribution in [0.2, 0.25) is 0 Å². The highest BCUT2D eigenvalue weighted by Gasteiger charge is 2.23. The number of hydrogen-bond donors (Lipinski definition) is 2. The van der Waals surface area contributed by atoms with Crippen LogP contribution in [0.4, 0.5) is 0 Å². The smallest absolute Gasteiger partial charge is 0.244 e. The van der Waals surface area contributed by atoms with Gasteiger partial charge in [0.15, 0.2) is 0 Å². The van der Waals surface area contributed by atoms with Crippen molar-refractivity contribution < 1.29 is 8.42 Å². The number of aromatic nitrogens is 3. The van der Waals surface area contributed by atoms with Crippen molar-refractivity contribution in [3.63, 3.8) is 0 Å². The number of rotatable bonds is 5. The van der Waals surface area contributed by atoms with Crippen LogP contribution < -0.4 is 4.72 Å². The van der Waals surface area contributed by atoms with E-state index in [1.165, 1.54) is 23.7 Å². The summed E-state index contributed by atoms with van der Waals surface area (Å²) >= 11 is 1.52. The third kappa shape index (κ3) is 3.02. The predicted octanol–water partition coefficient (Wildman–Crippen LogP) is 1.91. The van der Waals surface area contributed by atoms with Gasteiger partial charge in [-0.05, 0) is 20.3 Å². The molecule has 2 aromatic heterocycles. The van der Waals surface area contributed by atoms with Crippen molar-refractivity contribution in [3.8, 4) is 0 Å². The molecule has 2 N–H and O–H groups in total. The molecule has 0 spiro atoms. The number of aromatic amines is 1. The van der Waals surface area contributed by atoms with E-state index in [1.54, 1.807) is 0 Å². The summed E-state index contributed by atoms with van der Waals surface area (Å²) in [4.78, 5) is 5.66. The van der Waals surface area contributed by atoms with Gasteiger partial charge in [-0.25, -0.2) is 18.1 Å². The van der Waals surface area contributed by atoms with Gasteiger partial charge in [-0.1, -0.05) is 6.92 Å². The van der Waals surface area contributed by atoms with Gasteiger partial charge in [-0.15, -0.1) is 11.3 Å². The molecule has 6 nitrogen and oxygen atoms in total. The molecular formula is C11H16N4O2S2. The molecule has 1 atom stereocenters. The van der Waals surface area contributed by atoms with Crippen molar-refractivity contribution in [2.75, 3.05) is 0 Å². The first-order valence-electron chi connectivity index (χ1n) is 5.89. The molecular weight excluding hydrogens is 284 g/mol. The first kappa shape index (κ1) is 14.2. The molecule has 0 radical (unpaired) electrons. The lowest BCUT2D eigenvalue weighted by molar-refractivity contribution is 0.548. The Balaban J connectivity index is 2.25. The third-order valence-corrected chi connectivity index (χ3v) is 5.46. The number of aryl methyl sites for hydroxylation is 2. The molecule has 104 valence electrons. The van der Waals surface area contributed by atoms with Crippen molar-refractivity contribution >= 4 is 21.4 Å². The zero-order valence-corrected chi connectivity index (χ0v) is 12.6. The summed E-state index contributed by atoms with van der Waals surface area (Å²) in [6.07, 6.45) is 3.28. The van der Waals surface area contributed by atoms with Gasteiger partial charge in [0.2, 0.25) is 10.0 Å². The Morgan fingerprint density at radius 3 is 2.68 bits per heavy atom. The lowest BCUT2D eigenvalue weighted by Gasteiger charge is -2.13. The maximum Gasteiger partial charge on any atom is 0.244 e. The third-order valence-electron chi connectivity index (χ3n) is 2.83. The van der Waals surface area contributed by atoms with Gasteiger partial charge < -0.3 is 0 Å². The van der Waals surface area contributed by atoms with E-state index < -0.39 is 10.0 Å². The van der Waals surface area contributed by atoms with E-state index >= 15 is 0 Å². The molecule has 0 saturated carbocycles. The highest BCUT2D eigenvalue weighted by molar-refractivity contribution is 7.89. The first-order valence-corrected chi connectivity index (χ1v) is 8.19. The SMILES string of the molecule is CCC(NS(=O)(=O)c1cn[nH]c1)c1nc(C)c(C)s1. The zero-order valence-electron chi connectivity index (χ0n) is 11.0. The van der Waals surface area contributed by atoms with Gasteiger partial charge in [0.25, 0.3) is 0 Å². The topological polar surface area (TPSA) is 87.7 Å². The van der Waals surface area contributed by atoms with Gasteiger partial charge in [0, 0.05) is 11.1 Å². The fraction of sp³-hybridized carbons (Fsp3) is 0.455. The molecule has 0 aliphatic heterocycles.